The minimum absolute atomic E-state index is 0.310. The molecule has 2 aromatic heterocycles. The summed E-state index contributed by atoms with van der Waals surface area (Å²) >= 11 is 1.04. The van der Waals surface area contributed by atoms with Crippen LogP contribution in [0.25, 0.3) is 0 Å². The molecule has 0 bridgehead atoms. The average molecular weight is 264 g/mol. The lowest BCUT2D eigenvalue weighted by atomic mass is 10.3. The summed E-state index contributed by atoms with van der Waals surface area (Å²) in [5.41, 5.74) is 1.01. The maximum absolute atomic E-state index is 11.4. The molecule has 0 aliphatic carbocycles. The first-order chi connectivity index (χ1) is 8.74. The average Bonchev–Trinajstić information content (AvgIpc) is 2.84. The Labute approximate surface area is 108 Å². The number of aromatic nitrogens is 4. The maximum Gasteiger partial charge on any atom is 0.320 e. The lowest BCUT2D eigenvalue weighted by molar-refractivity contribution is 0.252. The predicted octanol–water partition coefficient (Wildman–Crippen LogP) is 1.00. The van der Waals surface area contributed by atoms with Gasteiger partial charge in [0, 0.05) is 25.4 Å². The van der Waals surface area contributed by atoms with Gasteiger partial charge < -0.3 is 5.32 Å². The van der Waals surface area contributed by atoms with Crippen molar-refractivity contribution in [3.05, 3.63) is 30.0 Å². The number of rotatable bonds is 4. The van der Waals surface area contributed by atoms with Gasteiger partial charge in [-0.25, -0.2) is 14.8 Å². The molecule has 0 aliphatic rings. The summed E-state index contributed by atoms with van der Waals surface area (Å²) in [6.07, 6.45) is 5.59. The van der Waals surface area contributed by atoms with Crippen LogP contribution >= 0.6 is 11.7 Å². The Morgan fingerprint density at radius 1 is 1.33 bits per heavy atom. The van der Waals surface area contributed by atoms with Crippen molar-refractivity contribution in [2.24, 2.45) is 0 Å². The number of carbonyl (C=O) groups excluding carboxylic acids is 1. The molecule has 0 spiro atoms. The highest BCUT2D eigenvalue weighted by atomic mass is 32.1. The second-order valence-corrected chi connectivity index (χ2v) is 4.16. The van der Waals surface area contributed by atoms with Crippen molar-refractivity contribution in [1.29, 1.82) is 0 Å². The van der Waals surface area contributed by atoms with Crippen LogP contribution in [0.15, 0.2) is 18.6 Å². The van der Waals surface area contributed by atoms with Gasteiger partial charge in [0.2, 0.25) is 0 Å². The lowest BCUT2D eigenvalue weighted by Gasteiger charge is -2.04. The molecule has 0 radical (unpaired) electrons. The van der Waals surface area contributed by atoms with E-state index in [0.29, 0.717) is 24.6 Å². The van der Waals surface area contributed by atoms with Crippen LogP contribution in [0.3, 0.4) is 0 Å². The molecule has 0 saturated heterocycles. The van der Waals surface area contributed by atoms with Gasteiger partial charge in [-0.15, -0.1) is 0 Å². The van der Waals surface area contributed by atoms with E-state index < -0.39 is 0 Å². The Hall–Kier alpha value is -2.09. The second-order valence-electron chi connectivity index (χ2n) is 3.60. The van der Waals surface area contributed by atoms with Gasteiger partial charge in [0.05, 0.1) is 17.9 Å². The van der Waals surface area contributed by atoms with E-state index in [2.05, 4.69) is 29.3 Å². The molecule has 0 atom stereocenters. The largest absolute Gasteiger partial charge is 0.337 e. The summed E-state index contributed by atoms with van der Waals surface area (Å²) in [5.74, 6) is 1.15. The normalized spacial score (nSPS) is 10.1. The van der Waals surface area contributed by atoms with E-state index in [1.807, 2.05) is 6.92 Å². The van der Waals surface area contributed by atoms with Gasteiger partial charge in [-0.05, 0) is 12.5 Å². The highest BCUT2D eigenvalue weighted by Gasteiger charge is 2.03. The monoisotopic (exact) mass is 264 g/mol. The molecule has 2 aromatic rings. The van der Waals surface area contributed by atoms with Crippen molar-refractivity contribution in [3.8, 4) is 0 Å². The van der Waals surface area contributed by atoms with Crippen molar-refractivity contribution in [2.75, 3.05) is 11.9 Å². The maximum atomic E-state index is 11.4. The Bertz CT molecular complexity index is 498. The number of urea groups is 1. The number of anilines is 1. The molecule has 7 nitrogen and oxygen atoms in total. The Balaban J connectivity index is 1.72. The molecule has 2 N–H and O–H groups in total. The van der Waals surface area contributed by atoms with Gasteiger partial charge in [0.15, 0.2) is 5.82 Å². The number of carbonyl (C=O) groups is 1. The van der Waals surface area contributed by atoms with Crippen molar-refractivity contribution < 1.29 is 4.79 Å². The highest BCUT2D eigenvalue weighted by molar-refractivity contribution is 6.99. The van der Waals surface area contributed by atoms with E-state index in [-0.39, 0.29) is 6.03 Å². The number of hydrogen-bond donors (Lipinski definition) is 2. The van der Waals surface area contributed by atoms with Crippen LogP contribution in [0.5, 0.6) is 0 Å². The van der Waals surface area contributed by atoms with Gasteiger partial charge in [-0.2, -0.15) is 8.75 Å². The van der Waals surface area contributed by atoms with Gasteiger partial charge in [-0.1, -0.05) is 0 Å². The molecule has 0 unspecified atom stereocenters. The zero-order chi connectivity index (χ0) is 12.8. The minimum atomic E-state index is -0.310. The molecule has 0 aromatic carbocycles. The number of aryl methyl sites for hydroxylation is 1. The van der Waals surface area contributed by atoms with Gasteiger partial charge >= 0.3 is 6.03 Å². The summed E-state index contributed by atoms with van der Waals surface area (Å²) in [6, 6.07) is -0.310. The Kier molecular flexibility index (Phi) is 4.13. The fourth-order valence-electron chi connectivity index (χ4n) is 1.22. The Morgan fingerprint density at radius 2 is 2.11 bits per heavy atom. The zero-order valence-corrected chi connectivity index (χ0v) is 10.6. The van der Waals surface area contributed by atoms with Crippen molar-refractivity contribution in [1.82, 2.24) is 24.0 Å². The number of amides is 2. The summed E-state index contributed by atoms with van der Waals surface area (Å²) in [5, 5.41) is 5.25. The fraction of sp³-hybridized carbons (Fsp3) is 0.300. The molecular weight excluding hydrogens is 252 g/mol. The second kappa shape index (κ2) is 6.01. The molecule has 0 fully saturated rings. The molecule has 94 valence electrons. The van der Waals surface area contributed by atoms with Crippen LogP contribution in [-0.2, 0) is 6.42 Å². The SMILES string of the molecule is Cc1cnc(CCNC(=O)Nc2cnsn2)nc1. The minimum Gasteiger partial charge on any atom is -0.337 e. The summed E-state index contributed by atoms with van der Waals surface area (Å²) < 4.78 is 7.65. The molecule has 2 amide bonds. The van der Waals surface area contributed by atoms with E-state index in [4.69, 9.17) is 0 Å². The van der Waals surface area contributed by atoms with Gasteiger partial charge in [0.25, 0.3) is 0 Å². The third kappa shape index (κ3) is 3.74. The first-order valence-corrected chi connectivity index (χ1v) is 6.07. The molecule has 8 heteroatoms. The Morgan fingerprint density at radius 3 is 2.78 bits per heavy atom. The fourth-order valence-corrected chi connectivity index (χ4v) is 1.59. The van der Waals surface area contributed by atoms with Gasteiger partial charge in [-0.3, -0.25) is 5.32 Å². The molecule has 2 heterocycles. The predicted molar refractivity (Wildman–Crippen MR) is 67.4 cm³/mol. The van der Waals surface area contributed by atoms with Crippen LogP contribution in [-0.4, -0.2) is 31.3 Å². The number of hydrogen-bond acceptors (Lipinski definition) is 6. The number of nitrogens with one attached hydrogen (secondary N) is 2. The third-order valence-electron chi connectivity index (χ3n) is 2.07. The molecule has 0 aliphatic heterocycles. The summed E-state index contributed by atoms with van der Waals surface area (Å²) in [7, 11) is 0. The highest BCUT2D eigenvalue weighted by Crippen LogP contribution is 2.00. The van der Waals surface area contributed by atoms with Crippen LogP contribution in [0.4, 0.5) is 10.6 Å². The molecule has 18 heavy (non-hydrogen) atoms. The van der Waals surface area contributed by atoms with Crippen molar-refractivity contribution in [3.63, 3.8) is 0 Å². The van der Waals surface area contributed by atoms with E-state index in [9.17, 15) is 4.79 Å². The number of nitrogens with zero attached hydrogens (tertiary/aromatic N) is 4. The standard InChI is InChI=1S/C10H12N6OS/c1-7-4-12-8(13-5-7)2-3-11-10(17)15-9-6-14-18-16-9/h4-6H,2-3H2,1H3,(H2,11,15,16,17). The summed E-state index contributed by atoms with van der Waals surface area (Å²) in [6.45, 7) is 2.39. The molecule has 2 rings (SSSR count). The van der Waals surface area contributed by atoms with E-state index in [1.54, 1.807) is 12.4 Å². The zero-order valence-electron chi connectivity index (χ0n) is 9.75. The van der Waals surface area contributed by atoms with Crippen LogP contribution in [0, 0.1) is 6.92 Å². The molecular formula is C10H12N6OS. The first kappa shape index (κ1) is 12.4. The van der Waals surface area contributed by atoms with E-state index in [0.717, 1.165) is 17.3 Å². The topological polar surface area (TPSA) is 92.7 Å². The summed E-state index contributed by atoms with van der Waals surface area (Å²) in [4.78, 5) is 19.7. The van der Waals surface area contributed by atoms with Gasteiger partial charge in [0.1, 0.15) is 5.82 Å². The van der Waals surface area contributed by atoms with E-state index in [1.165, 1.54) is 6.20 Å². The van der Waals surface area contributed by atoms with Crippen LogP contribution < -0.4 is 10.6 Å². The first-order valence-electron chi connectivity index (χ1n) is 5.34. The van der Waals surface area contributed by atoms with Crippen molar-refractivity contribution in [2.45, 2.75) is 13.3 Å². The van der Waals surface area contributed by atoms with Crippen molar-refractivity contribution >= 4 is 23.6 Å². The van der Waals surface area contributed by atoms with E-state index >= 15 is 0 Å². The molecule has 0 saturated carbocycles. The lowest BCUT2D eigenvalue weighted by Crippen LogP contribution is -2.30. The van der Waals surface area contributed by atoms with Crippen LogP contribution in [0.1, 0.15) is 11.4 Å². The third-order valence-corrected chi connectivity index (χ3v) is 2.55. The quantitative estimate of drug-likeness (QED) is 0.859. The van der Waals surface area contributed by atoms with Crippen LogP contribution in [0.2, 0.25) is 0 Å². The smallest absolute Gasteiger partial charge is 0.320 e.